The third-order valence-corrected chi connectivity index (χ3v) is 6.58. The molecule has 1 aliphatic carbocycles. The number of nitrogens with zero attached hydrogens (tertiary/aromatic N) is 2. The molecule has 2 aromatic heterocycles. The Bertz CT molecular complexity index is 1090. The molecule has 1 aliphatic rings. The molecule has 0 saturated heterocycles. The Morgan fingerprint density at radius 2 is 2.07 bits per heavy atom. The summed E-state index contributed by atoms with van der Waals surface area (Å²) in [6.07, 6.45) is 7.36. The first-order valence-electron chi connectivity index (χ1n) is 9.15. The molecule has 8 heteroatoms. The van der Waals surface area contributed by atoms with Gasteiger partial charge in [-0.2, -0.15) is 0 Å². The van der Waals surface area contributed by atoms with Gasteiger partial charge in [0, 0.05) is 10.7 Å². The summed E-state index contributed by atoms with van der Waals surface area (Å²) in [4.78, 5) is 32.7. The highest BCUT2D eigenvalue weighted by Gasteiger charge is 2.28. The molecule has 6 nitrogen and oxygen atoms in total. The van der Waals surface area contributed by atoms with Gasteiger partial charge in [-0.15, -0.1) is 0 Å². The molecule has 0 radical (unpaired) electrons. The van der Waals surface area contributed by atoms with Crippen LogP contribution in [0, 0.1) is 0 Å². The molecular weight excluding hydrogens is 481 g/mol. The summed E-state index contributed by atoms with van der Waals surface area (Å²) >= 11 is 8.26. The molecule has 0 amide bonds. The van der Waals surface area contributed by atoms with Crippen molar-refractivity contribution < 1.29 is 7.49 Å². The fourth-order valence-corrected chi connectivity index (χ4v) is 4.35. The van der Waals surface area contributed by atoms with E-state index in [2.05, 4.69) is 12.7 Å². The largest absolute Gasteiger partial charge is 0.560 e. The summed E-state index contributed by atoms with van der Waals surface area (Å²) in [6.45, 7) is 2.36. The van der Waals surface area contributed by atoms with E-state index in [1.807, 2.05) is 34.3 Å². The number of carbonyl (C=O) groups excluding carboxylic acids is 1. The highest BCUT2D eigenvalue weighted by molar-refractivity contribution is 14.1. The number of carbonyl (C=O) groups is 1. The summed E-state index contributed by atoms with van der Waals surface area (Å²) in [6, 6.07) is 3.40. The summed E-state index contributed by atoms with van der Waals surface area (Å²) in [7, 11) is 0. The molecule has 1 fully saturated rings. The van der Waals surface area contributed by atoms with Crippen molar-refractivity contribution in [1.29, 1.82) is 0 Å². The third kappa shape index (κ3) is 3.24. The van der Waals surface area contributed by atoms with Crippen LogP contribution in [0.1, 0.15) is 61.1 Å². The fraction of sp³-hybridized carbons (Fsp3) is 0.421. The Hall–Kier alpha value is -1.61. The van der Waals surface area contributed by atoms with Gasteiger partial charge < -0.3 is 7.68 Å². The van der Waals surface area contributed by atoms with E-state index in [9.17, 15) is 9.59 Å². The van der Waals surface area contributed by atoms with E-state index in [1.165, 1.54) is 19.3 Å². The number of aromatic amines is 1. The summed E-state index contributed by atoms with van der Waals surface area (Å²) in [5.41, 5.74) is 2.04. The summed E-state index contributed by atoms with van der Waals surface area (Å²) in [5.74, 6) is 0.992. The van der Waals surface area contributed by atoms with Gasteiger partial charge in [0.05, 0.1) is 22.3 Å². The maximum atomic E-state index is 12.7. The number of fused-ring (bicyclic) bond motifs is 3. The van der Waals surface area contributed by atoms with Gasteiger partial charge in [0.15, 0.2) is 0 Å². The molecule has 142 valence electrons. The quantitative estimate of drug-likeness (QED) is 0.315. The minimum atomic E-state index is -0.233. The zero-order valence-electron chi connectivity index (χ0n) is 14.9. The van der Waals surface area contributed by atoms with Gasteiger partial charge in [0.25, 0.3) is 5.56 Å². The maximum absolute atomic E-state index is 12.7. The number of rotatable bonds is 3. The standard InChI is InChI=1S/C19H19ClIN3O3/c1-2-27(21)19(26)12-8-15-14(9-13(12)20)23-18(25)16-10-22-17(24(15)16)11-6-4-3-5-7-11/h8-11H,2-7H2,1H3/p+1. The van der Waals surface area contributed by atoms with Crippen LogP contribution >= 0.6 is 34.6 Å². The lowest BCUT2D eigenvalue weighted by Gasteiger charge is -2.21. The Balaban J connectivity index is 1.99. The van der Waals surface area contributed by atoms with Crippen LogP contribution in [0.5, 0.6) is 0 Å². The third-order valence-electron chi connectivity index (χ3n) is 5.24. The second-order valence-electron chi connectivity index (χ2n) is 6.88. The SMILES string of the molecule is CC[O+](I)C(=O)c1cc2c(cc1Cl)[nH]c(=O)c1cnc(C3CCCCC3)n12. The molecule has 27 heavy (non-hydrogen) atoms. The Morgan fingerprint density at radius 3 is 2.78 bits per heavy atom. The van der Waals surface area contributed by atoms with E-state index < -0.39 is 0 Å². The van der Waals surface area contributed by atoms with Crippen LogP contribution in [0.25, 0.3) is 16.6 Å². The monoisotopic (exact) mass is 500 g/mol. The molecule has 2 heterocycles. The lowest BCUT2D eigenvalue weighted by Crippen LogP contribution is -2.16. The first kappa shape index (κ1) is 18.7. The van der Waals surface area contributed by atoms with Gasteiger partial charge in [0.1, 0.15) is 23.5 Å². The van der Waals surface area contributed by atoms with Crippen LogP contribution in [-0.4, -0.2) is 26.9 Å². The van der Waals surface area contributed by atoms with Gasteiger partial charge in [-0.25, -0.2) is 4.98 Å². The number of hydrogen-bond donors (Lipinski definition) is 1. The number of hydrogen-bond acceptors (Lipinski definition) is 3. The van der Waals surface area contributed by atoms with Gasteiger partial charge in [-0.1, -0.05) is 30.9 Å². The van der Waals surface area contributed by atoms with Gasteiger partial charge in [-0.3, -0.25) is 9.20 Å². The maximum Gasteiger partial charge on any atom is 0.560 e. The number of imidazole rings is 1. The van der Waals surface area contributed by atoms with Crippen LogP contribution in [-0.2, 0) is 2.70 Å². The topological polar surface area (TPSA) is 69.9 Å². The number of halogens is 2. The molecule has 0 aliphatic heterocycles. The minimum absolute atomic E-state index is 0.203. The van der Waals surface area contributed by atoms with E-state index in [-0.39, 0.29) is 11.5 Å². The zero-order valence-corrected chi connectivity index (χ0v) is 17.8. The normalized spacial score (nSPS) is 15.5. The number of H-pyrrole nitrogens is 1. The summed E-state index contributed by atoms with van der Waals surface area (Å²) < 4.78 is 4.35. The smallest absolute Gasteiger partial charge is 0.489 e. The molecule has 1 aromatic carbocycles. The van der Waals surface area contributed by atoms with Crippen LogP contribution in [0.4, 0.5) is 0 Å². The molecule has 3 aromatic rings. The van der Waals surface area contributed by atoms with Crippen molar-refractivity contribution in [2.24, 2.45) is 0 Å². The first-order valence-corrected chi connectivity index (χ1v) is 10.4. The number of benzene rings is 1. The highest BCUT2D eigenvalue weighted by Crippen LogP contribution is 2.34. The summed E-state index contributed by atoms with van der Waals surface area (Å²) in [5, 5.41) is 0.310. The molecule has 0 unspecified atom stereocenters. The van der Waals surface area contributed by atoms with Crippen molar-refractivity contribution in [3.63, 3.8) is 0 Å². The van der Waals surface area contributed by atoms with E-state index in [0.29, 0.717) is 34.1 Å². The average Bonchev–Trinajstić information content (AvgIpc) is 3.13. The van der Waals surface area contributed by atoms with E-state index in [1.54, 1.807) is 18.3 Å². The van der Waals surface area contributed by atoms with Gasteiger partial charge in [-0.05, 0) is 31.9 Å². The van der Waals surface area contributed by atoms with E-state index in [0.717, 1.165) is 24.2 Å². The number of aromatic nitrogens is 3. The van der Waals surface area contributed by atoms with Crippen LogP contribution in [0.3, 0.4) is 0 Å². The Morgan fingerprint density at radius 1 is 1.33 bits per heavy atom. The molecule has 0 bridgehead atoms. The Labute approximate surface area is 175 Å². The number of nitrogens with one attached hydrogen (secondary N) is 1. The molecular formula is C19H20ClIN3O3+. The highest BCUT2D eigenvalue weighted by atomic mass is 127. The average molecular weight is 501 g/mol. The Kier molecular flexibility index (Phi) is 5.15. The van der Waals surface area contributed by atoms with E-state index in [4.69, 9.17) is 11.6 Å². The lowest BCUT2D eigenvalue weighted by atomic mass is 9.89. The van der Waals surface area contributed by atoms with Crippen molar-refractivity contribution in [2.75, 3.05) is 6.61 Å². The van der Waals surface area contributed by atoms with Crippen molar-refractivity contribution in [3.05, 3.63) is 45.1 Å². The molecule has 0 spiro atoms. The second-order valence-corrected chi connectivity index (χ2v) is 8.35. The predicted octanol–water partition coefficient (Wildman–Crippen LogP) is 4.94. The van der Waals surface area contributed by atoms with Crippen LogP contribution in [0.15, 0.2) is 23.1 Å². The first-order chi connectivity index (χ1) is 13.0. The van der Waals surface area contributed by atoms with Gasteiger partial charge in [0.2, 0.25) is 0 Å². The van der Waals surface area contributed by atoms with Crippen molar-refractivity contribution in [3.8, 4) is 0 Å². The molecule has 4 rings (SSSR count). The molecule has 0 atom stereocenters. The molecule has 1 N–H and O–H groups in total. The minimum Gasteiger partial charge on any atom is -0.489 e. The zero-order chi connectivity index (χ0) is 19.1. The fourth-order valence-electron chi connectivity index (χ4n) is 3.87. The predicted molar refractivity (Wildman–Crippen MR) is 114 cm³/mol. The molecule has 1 saturated carbocycles. The van der Waals surface area contributed by atoms with Crippen molar-refractivity contribution in [2.45, 2.75) is 44.9 Å². The van der Waals surface area contributed by atoms with Crippen molar-refractivity contribution in [1.82, 2.24) is 14.4 Å². The second kappa shape index (κ2) is 7.43. The lowest BCUT2D eigenvalue weighted by molar-refractivity contribution is 0.0422. The van der Waals surface area contributed by atoms with Gasteiger partial charge >= 0.3 is 29.0 Å². The van der Waals surface area contributed by atoms with E-state index >= 15 is 0 Å². The van der Waals surface area contributed by atoms with Crippen LogP contribution in [0.2, 0.25) is 5.02 Å². The van der Waals surface area contributed by atoms with Crippen molar-refractivity contribution >= 4 is 57.1 Å². The van der Waals surface area contributed by atoms with Crippen LogP contribution < -0.4 is 5.56 Å².